The van der Waals surface area contributed by atoms with Crippen LogP contribution in [0, 0.1) is 12.3 Å². The molecule has 5 N–H and O–H groups in total. The molecule has 0 bridgehead atoms. The SMILES string of the molecule is Cc1csc2c1sc1c3c([nH]c12)-c1[nH]c2c4c(sc2c1C(=N)C3N)C(C(=O)OCc1ccccc1)=[SH]4. The largest absolute Gasteiger partial charge is 0.457 e. The number of aromatic nitrogens is 2. The monoisotopic (exact) mass is 546 g/mol. The van der Waals surface area contributed by atoms with Gasteiger partial charge in [0.2, 0.25) is 0 Å². The number of thiol groups is 1. The summed E-state index contributed by atoms with van der Waals surface area (Å²) < 4.78 is 10.3. The van der Waals surface area contributed by atoms with Crippen molar-refractivity contribution in [3.05, 3.63) is 62.8 Å². The molecule has 6 aromatic rings. The highest BCUT2D eigenvalue weighted by molar-refractivity contribution is 8.03. The van der Waals surface area contributed by atoms with E-state index in [4.69, 9.17) is 15.9 Å². The van der Waals surface area contributed by atoms with Gasteiger partial charge in [-0.1, -0.05) is 30.3 Å². The number of esters is 1. The number of aromatic amines is 2. The normalized spacial score (nSPS) is 16.4. The Morgan fingerprint density at radius 3 is 2.72 bits per heavy atom. The fourth-order valence-corrected chi connectivity index (χ4v) is 10.4. The zero-order valence-electron chi connectivity index (χ0n) is 18.8. The third-order valence-electron chi connectivity index (χ3n) is 6.94. The van der Waals surface area contributed by atoms with Crippen LogP contribution in [0.2, 0.25) is 0 Å². The molecule has 2 aliphatic rings. The summed E-state index contributed by atoms with van der Waals surface area (Å²) in [5.74, 6) is -0.278. The van der Waals surface area contributed by atoms with Crippen LogP contribution in [-0.4, -0.2) is 26.5 Å². The Morgan fingerprint density at radius 1 is 1.08 bits per heavy atom. The number of aryl methyl sites for hydroxylation is 1. The summed E-state index contributed by atoms with van der Waals surface area (Å²) in [5, 5.41) is 11.2. The van der Waals surface area contributed by atoms with E-state index in [1.807, 2.05) is 30.3 Å². The predicted octanol–water partition coefficient (Wildman–Crippen LogP) is 6.45. The molecular formula is C26H18N4O2S4. The third-order valence-corrected chi connectivity index (χ3v) is 12.4. The summed E-state index contributed by atoms with van der Waals surface area (Å²) in [6.07, 6.45) is 0. The number of fused-ring (bicyclic) bond motifs is 11. The first-order valence-electron chi connectivity index (χ1n) is 11.4. The Morgan fingerprint density at radius 2 is 1.89 bits per heavy atom. The highest BCUT2D eigenvalue weighted by Gasteiger charge is 2.38. The summed E-state index contributed by atoms with van der Waals surface area (Å²) in [4.78, 5) is 22.8. The van der Waals surface area contributed by atoms with Crippen LogP contribution in [0.3, 0.4) is 0 Å². The van der Waals surface area contributed by atoms with Crippen molar-refractivity contribution in [1.29, 1.82) is 5.41 Å². The highest BCUT2D eigenvalue weighted by Crippen LogP contribution is 2.53. The Balaban J connectivity index is 1.20. The number of benzene rings is 1. The van der Waals surface area contributed by atoms with Crippen molar-refractivity contribution in [3.8, 4) is 11.4 Å². The molecule has 1 aliphatic heterocycles. The highest BCUT2D eigenvalue weighted by atomic mass is 32.1. The number of ether oxygens (including phenoxy) is 1. The van der Waals surface area contributed by atoms with E-state index in [0.29, 0.717) is 10.6 Å². The number of carbonyl (C=O) groups is 1. The first-order valence-corrected chi connectivity index (χ1v) is 14.8. The van der Waals surface area contributed by atoms with Crippen LogP contribution in [0.15, 0.2) is 40.6 Å². The first kappa shape index (κ1) is 21.1. The minimum Gasteiger partial charge on any atom is -0.457 e. The predicted molar refractivity (Wildman–Crippen MR) is 153 cm³/mol. The van der Waals surface area contributed by atoms with Crippen LogP contribution in [0.1, 0.15) is 33.2 Å². The maximum absolute atomic E-state index is 12.8. The van der Waals surface area contributed by atoms with Gasteiger partial charge < -0.3 is 25.8 Å². The Bertz CT molecular complexity index is 1960. The van der Waals surface area contributed by atoms with Gasteiger partial charge in [-0.25, -0.2) is 4.79 Å². The average Bonchev–Trinajstić information content (AvgIpc) is 3.63. The van der Waals surface area contributed by atoms with Gasteiger partial charge in [-0.2, -0.15) is 0 Å². The molecule has 36 heavy (non-hydrogen) atoms. The van der Waals surface area contributed by atoms with Crippen LogP contribution in [-0.2, 0) is 16.1 Å². The van der Waals surface area contributed by atoms with Gasteiger partial charge >= 0.3 is 5.97 Å². The minimum atomic E-state index is -0.500. The molecular weight excluding hydrogens is 529 g/mol. The standard InChI is InChI=1S/C26H18N4O2S4/c1-9-8-33-22-17-20(34-19(9)22)11-13(27)14(28)12-16(15(11)29-17)30-18-21(12)35-24-23(18)36-25(24)26(31)32-7-10-5-3-2-4-6-10/h2-6,8,13,28-30,36H,7,27H2,1H3. The van der Waals surface area contributed by atoms with Crippen LogP contribution in [0.25, 0.3) is 41.2 Å². The molecule has 6 heterocycles. The van der Waals surface area contributed by atoms with Gasteiger partial charge in [-0.05, 0) is 23.4 Å². The van der Waals surface area contributed by atoms with Crippen LogP contribution in [0.4, 0.5) is 0 Å². The molecule has 0 radical (unpaired) electrons. The van der Waals surface area contributed by atoms with Gasteiger partial charge in [0.1, 0.15) is 11.5 Å². The van der Waals surface area contributed by atoms with E-state index in [9.17, 15) is 4.79 Å². The number of hydrogen-bond donors (Lipinski definition) is 5. The summed E-state index contributed by atoms with van der Waals surface area (Å²) in [7, 11) is 0. The second-order valence-electron chi connectivity index (χ2n) is 9.07. The van der Waals surface area contributed by atoms with E-state index in [1.54, 1.807) is 34.0 Å². The number of hydrogen-bond acceptors (Lipinski definition) is 7. The Labute approximate surface area is 220 Å². The van der Waals surface area contributed by atoms with Gasteiger partial charge in [0.05, 0.1) is 57.9 Å². The number of H-pyrrole nitrogens is 2. The lowest BCUT2D eigenvalue weighted by molar-refractivity contribution is -0.136. The lowest BCUT2D eigenvalue weighted by Gasteiger charge is -2.21. The van der Waals surface area contributed by atoms with Crippen molar-refractivity contribution in [2.75, 3.05) is 0 Å². The fraction of sp³-hybridized carbons (Fsp3) is 0.115. The Hall–Kier alpha value is -3.02. The summed E-state index contributed by atoms with van der Waals surface area (Å²) in [5.41, 5.74) is 15.3. The summed E-state index contributed by atoms with van der Waals surface area (Å²) in [6, 6.07) is 9.20. The molecule has 0 spiro atoms. The van der Waals surface area contributed by atoms with Gasteiger partial charge in [0.25, 0.3) is 0 Å². The van der Waals surface area contributed by atoms with E-state index in [0.717, 1.165) is 69.6 Å². The van der Waals surface area contributed by atoms with E-state index in [2.05, 4.69) is 22.3 Å². The van der Waals surface area contributed by atoms with Gasteiger partial charge in [-0.3, -0.25) is 0 Å². The first-order chi connectivity index (χ1) is 17.5. The minimum absolute atomic E-state index is 0.260. The van der Waals surface area contributed by atoms with Gasteiger partial charge in [0.15, 0.2) is 0 Å². The van der Waals surface area contributed by atoms with E-state index in [1.165, 1.54) is 15.0 Å². The Kier molecular flexibility index (Phi) is 4.26. The second-order valence-corrected chi connectivity index (χ2v) is 13.1. The summed E-state index contributed by atoms with van der Waals surface area (Å²) in [6.45, 7) is 2.40. The van der Waals surface area contributed by atoms with E-state index < -0.39 is 6.04 Å². The number of nitrogens with two attached hydrogens (primary N) is 1. The van der Waals surface area contributed by atoms with Gasteiger partial charge in [-0.15, -0.1) is 45.4 Å². The van der Waals surface area contributed by atoms with Crippen molar-refractivity contribution < 1.29 is 9.53 Å². The van der Waals surface area contributed by atoms with Crippen LogP contribution < -0.4 is 5.73 Å². The molecule has 6 nitrogen and oxygen atoms in total. The smallest absolute Gasteiger partial charge is 0.345 e. The molecule has 1 aromatic carbocycles. The van der Waals surface area contributed by atoms with Crippen LogP contribution >= 0.6 is 45.4 Å². The lowest BCUT2D eigenvalue weighted by Crippen LogP contribution is -2.25. The molecule has 1 unspecified atom stereocenters. The molecule has 178 valence electrons. The quantitative estimate of drug-likeness (QED) is 0.100. The topological polar surface area (TPSA) is 108 Å². The molecule has 8 rings (SSSR count). The number of carbonyl (C=O) groups excluding carboxylic acids is 1. The molecule has 10 heteroatoms. The maximum Gasteiger partial charge on any atom is 0.345 e. The zero-order valence-corrected chi connectivity index (χ0v) is 22.2. The van der Waals surface area contributed by atoms with Crippen LogP contribution in [0.5, 0.6) is 0 Å². The molecule has 1 aliphatic carbocycles. The third kappa shape index (κ3) is 2.63. The molecule has 0 saturated carbocycles. The maximum atomic E-state index is 12.8. The molecule has 5 aromatic heterocycles. The van der Waals surface area contributed by atoms with Crippen molar-refractivity contribution in [2.45, 2.75) is 24.5 Å². The fourth-order valence-electron chi connectivity index (χ4n) is 5.16. The van der Waals surface area contributed by atoms with Crippen molar-refractivity contribution in [1.82, 2.24) is 9.97 Å². The number of rotatable bonds is 3. The summed E-state index contributed by atoms with van der Waals surface area (Å²) >= 11 is 5.94. The molecule has 1 atom stereocenters. The number of nitrogens with one attached hydrogen (secondary N) is 3. The molecule has 0 saturated heterocycles. The van der Waals surface area contributed by atoms with E-state index in [-0.39, 0.29) is 12.6 Å². The van der Waals surface area contributed by atoms with Gasteiger partial charge in [0, 0.05) is 16.0 Å². The van der Waals surface area contributed by atoms with Crippen molar-refractivity contribution in [2.24, 2.45) is 5.73 Å². The van der Waals surface area contributed by atoms with Crippen molar-refractivity contribution in [3.63, 3.8) is 0 Å². The average molecular weight is 547 g/mol. The lowest BCUT2D eigenvalue weighted by atomic mass is 9.90. The van der Waals surface area contributed by atoms with Crippen molar-refractivity contribution >= 4 is 91.7 Å². The molecule has 0 amide bonds. The second kappa shape index (κ2) is 7.27. The number of thiophene rings is 3. The van der Waals surface area contributed by atoms with E-state index >= 15 is 0 Å². The zero-order chi connectivity index (χ0) is 24.3. The molecule has 0 fully saturated rings.